The number of piperidine rings is 1. The number of hydrogen-bond acceptors (Lipinski definition) is 4. The van der Waals surface area contributed by atoms with E-state index in [2.05, 4.69) is 32.4 Å². The molecule has 1 aromatic carbocycles. The van der Waals surface area contributed by atoms with E-state index in [1.165, 1.54) is 12.1 Å². The number of rotatable bonds is 2. The maximum absolute atomic E-state index is 14.4. The van der Waals surface area contributed by atoms with Gasteiger partial charge in [-0.3, -0.25) is 4.79 Å². The number of aromatic amines is 1. The monoisotopic (exact) mass is 394 g/mol. The van der Waals surface area contributed by atoms with Crippen LogP contribution in [0.1, 0.15) is 24.8 Å². The minimum absolute atomic E-state index is 0.273. The van der Waals surface area contributed by atoms with Gasteiger partial charge in [0.1, 0.15) is 17.8 Å². The maximum atomic E-state index is 14.4. The molecule has 2 fully saturated rings. The van der Waals surface area contributed by atoms with Gasteiger partial charge in [-0.25, -0.2) is 13.8 Å². The lowest BCUT2D eigenvalue weighted by molar-refractivity contribution is 0.245. The van der Waals surface area contributed by atoms with Crippen molar-refractivity contribution in [3.63, 3.8) is 0 Å². The van der Waals surface area contributed by atoms with Crippen LogP contribution in [-0.2, 0) is 0 Å². The smallest absolute Gasteiger partial charge is 0.258 e. The molecule has 2 aliphatic rings. The fourth-order valence-electron chi connectivity index (χ4n) is 3.76. The van der Waals surface area contributed by atoms with E-state index in [4.69, 9.17) is 0 Å². The van der Waals surface area contributed by atoms with Gasteiger partial charge in [-0.15, -0.1) is 0 Å². The number of fused-ring (bicyclic) bond motifs is 3. The van der Waals surface area contributed by atoms with Gasteiger partial charge >= 0.3 is 0 Å². The number of halogens is 2. The van der Waals surface area contributed by atoms with Gasteiger partial charge in [0.15, 0.2) is 0 Å². The minimum Gasteiger partial charge on any atom is -0.364 e. The maximum Gasteiger partial charge on any atom is 0.258 e. The van der Waals surface area contributed by atoms with Crippen molar-refractivity contribution in [1.82, 2.24) is 15.3 Å². The highest BCUT2D eigenvalue weighted by Gasteiger charge is 2.26. The molecule has 1 saturated carbocycles. The van der Waals surface area contributed by atoms with E-state index in [0.29, 0.717) is 51.9 Å². The van der Waals surface area contributed by atoms with Crippen molar-refractivity contribution in [3.05, 3.63) is 46.1 Å². The summed E-state index contributed by atoms with van der Waals surface area (Å²) in [4.78, 5) is 20.0. The topological polar surface area (TPSA) is 69.8 Å². The van der Waals surface area contributed by atoms with Gasteiger partial charge in [0.25, 0.3) is 5.56 Å². The molecule has 0 unspecified atom stereocenters. The van der Waals surface area contributed by atoms with Crippen LogP contribution in [0.5, 0.6) is 0 Å². The van der Waals surface area contributed by atoms with Crippen LogP contribution in [0.3, 0.4) is 0 Å². The third kappa shape index (κ3) is 3.45. The molecule has 2 aromatic heterocycles. The van der Waals surface area contributed by atoms with Crippen LogP contribution in [-0.4, -0.2) is 35.3 Å². The summed E-state index contributed by atoms with van der Waals surface area (Å²) < 4.78 is 28.4. The predicted molar refractivity (Wildman–Crippen MR) is 109 cm³/mol. The first-order valence-electron chi connectivity index (χ1n) is 9.87. The lowest BCUT2D eigenvalue weighted by atomic mass is 10.0. The highest BCUT2D eigenvalue weighted by molar-refractivity contribution is 6.10. The third-order valence-corrected chi connectivity index (χ3v) is 5.51. The second-order valence-electron chi connectivity index (χ2n) is 7.71. The van der Waals surface area contributed by atoms with Gasteiger partial charge in [-0.2, -0.15) is 0 Å². The average Bonchev–Trinajstić information content (AvgIpc) is 3.53. The van der Waals surface area contributed by atoms with Crippen LogP contribution >= 0.6 is 0 Å². The summed E-state index contributed by atoms with van der Waals surface area (Å²) in [6.07, 6.45) is 3.25. The lowest BCUT2D eigenvalue weighted by Crippen LogP contribution is -2.45. The van der Waals surface area contributed by atoms with Crippen molar-refractivity contribution in [2.45, 2.75) is 31.5 Å². The van der Waals surface area contributed by atoms with Crippen molar-refractivity contribution in [1.29, 1.82) is 0 Å². The van der Waals surface area contributed by atoms with Crippen molar-refractivity contribution in [2.75, 3.05) is 18.4 Å². The summed E-state index contributed by atoms with van der Waals surface area (Å²) in [6.45, 7) is 0.978. The molecular weight excluding hydrogens is 374 g/mol. The summed E-state index contributed by atoms with van der Waals surface area (Å²) in [5.74, 6) is 6.67. The lowest BCUT2D eigenvalue weighted by Gasteiger charge is -2.28. The van der Waals surface area contributed by atoms with E-state index in [0.717, 1.165) is 12.8 Å². The Balaban J connectivity index is 1.74. The Morgan fingerprint density at radius 1 is 1.21 bits per heavy atom. The SMILES string of the molecule is O=c1[nH]cc(C#CC2CC2)c2nc(N[C@H]3CCNC[C@@H]3F)c3ccc(F)cc3c12. The van der Waals surface area contributed by atoms with E-state index in [1.807, 2.05) is 0 Å². The molecule has 0 bridgehead atoms. The Morgan fingerprint density at radius 2 is 2.07 bits per heavy atom. The van der Waals surface area contributed by atoms with Gasteiger partial charge in [0.2, 0.25) is 0 Å². The average molecular weight is 394 g/mol. The van der Waals surface area contributed by atoms with E-state index in [-0.39, 0.29) is 12.1 Å². The number of aromatic nitrogens is 2. The number of anilines is 1. The van der Waals surface area contributed by atoms with E-state index >= 15 is 0 Å². The van der Waals surface area contributed by atoms with Gasteiger partial charge < -0.3 is 15.6 Å². The Bertz CT molecular complexity index is 1220. The molecular formula is C22H20F2N4O. The zero-order valence-electron chi connectivity index (χ0n) is 15.7. The van der Waals surface area contributed by atoms with Gasteiger partial charge in [-0.1, -0.05) is 11.8 Å². The van der Waals surface area contributed by atoms with Crippen LogP contribution in [0.25, 0.3) is 21.7 Å². The molecule has 2 atom stereocenters. The van der Waals surface area contributed by atoms with Crippen LogP contribution in [0.4, 0.5) is 14.6 Å². The predicted octanol–water partition coefficient (Wildman–Crippen LogP) is 3.09. The Labute approximate surface area is 165 Å². The fourth-order valence-corrected chi connectivity index (χ4v) is 3.76. The van der Waals surface area contributed by atoms with Crippen molar-refractivity contribution in [3.8, 4) is 11.8 Å². The Morgan fingerprint density at radius 3 is 2.86 bits per heavy atom. The highest BCUT2D eigenvalue weighted by atomic mass is 19.1. The molecule has 0 amide bonds. The van der Waals surface area contributed by atoms with Crippen molar-refractivity contribution >= 4 is 27.5 Å². The molecule has 3 aromatic rings. The molecule has 7 heteroatoms. The molecule has 3 N–H and O–H groups in total. The number of pyridine rings is 2. The second kappa shape index (κ2) is 7.12. The van der Waals surface area contributed by atoms with Gasteiger partial charge in [-0.05, 0) is 44.0 Å². The summed E-state index contributed by atoms with van der Waals surface area (Å²) in [7, 11) is 0. The third-order valence-electron chi connectivity index (χ3n) is 5.51. The number of hydrogen-bond donors (Lipinski definition) is 3. The van der Waals surface area contributed by atoms with Crippen LogP contribution in [0, 0.1) is 23.6 Å². The van der Waals surface area contributed by atoms with Gasteiger partial charge in [0, 0.05) is 29.4 Å². The molecule has 5 nitrogen and oxygen atoms in total. The number of benzene rings is 1. The summed E-state index contributed by atoms with van der Waals surface area (Å²) in [5.41, 5.74) is 0.645. The van der Waals surface area contributed by atoms with Crippen LogP contribution < -0.4 is 16.2 Å². The number of H-pyrrole nitrogens is 1. The van der Waals surface area contributed by atoms with Crippen molar-refractivity contribution < 1.29 is 8.78 Å². The fraction of sp³-hybridized carbons (Fsp3) is 0.364. The molecule has 0 radical (unpaired) electrons. The molecule has 148 valence electrons. The normalized spacial score (nSPS) is 21.7. The number of nitrogens with one attached hydrogen (secondary N) is 3. The quantitative estimate of drug-likeness (QED) is 0.462. The van der Waals surface area contributed by atoms with Crippen LogP contribution in [0.2, 0.25) is 0 Å². The van der Waals surface area contributed by atoms with Gasteiger partial charge in [0.05, 0.1) is 22.5 Å². The van der Waals surface area contributed by atoms with E-state index in [1.54, 1.807) is 12.3 Å². The number of nitrogens with zero attached hydrogens (tertiary/aromatic N) is 1. The van der Waals surface area contributed by atoms with E-state index in [9.17, 15) is 13.6 Å². The summed E-state index contributed by atoms with van der Waals surface area (Å²) in [6, 6.07) is 3.82. The molecule has 1 aliphatic carbocycles. The Hall–Kier alpha value is -2.98. The second-order valence-corrected chi connectivity index (χ2v) is 7.71. The van der Waals surface area contributed by atoms with E-state index < -0.39 is 18.0 Å². The first-order valence-corrected chi connectivity index (χ1v) is 9.87. The Kier molecular flexibility index (Phi) is 4.44. The first kappa shape index (κ1) is 18.1. The highest BCUT2D eigenvalue weighted by Crippen LogP contribution is 2.31. The summed E-state index contributed by atoms with van der Waals surface area (Å²) >= 11 is 0. The standard InChI is InChI=1S/C22H20F2N4O/c23-14-5-6-15-16(9-14)19-20(13(10-26-22(19)29)4-3-12-1-2-12)28-21(15)27-18-7-8-25-11-17(18)24/h5-6,9-10,12,17-18,25H,1-2,7-8,11H2,(H,26,29)(H,27,28)/t17-,18-/m0/s1. The van der Waals surface area contributed by atoms with Crippen molar-refractivity contribution in [2.24, 2.45) is 5.92 Å². The molecule has 1 saturated heterocycles. The first-order chi connectivity index (χ1) is 14.1. The molecule has 1 aliphatic heterocycles. The molecule has 5 rings (SSSR count). The molecule has 0 spiro atoms. The zero-order valence-corrected chi connectivity index (χ0v) is 15.7. The van der Waals surface area contributed by atoms with Crippen LogP contribution in [0.15, 0.2) is 29.2 Å². The molecule has 29 heavy (non-hydrogen) atoms. The minimum atomic E-state index is -1.06. The zero-order chi connectivity index (χ0) is 20.0. The number of alkyl halides is 1. The largest absolute Gasteiger partial charge is 0.364 e. The summed E-state index contributed by atoms with van der Waals surface area (Å²) in [5, 5.41) is 7.55. The molecule has 3 heterocycles.